The summed E-state index contributed by atoms with van der Waals surface area (Å²) in [6.45, 7) is 0.404. The number of carbonyl (C=O) groups is 3. The standard InChI is InChI=1S/C23H15ClN4O4/c24-18-12-14(26-21(29)20-9-7-15(32-20)13-27-11-3-10-25-27)6-8-19(18)28-22(30)16-4-1-2-5-17(16)23(28)31/h1-12H,13H2,(H,26,29). The summed E-state index contributed by atoms with van der Waals surface area (Å²) in [6, 6.07) is 16.2. The Bertz CT molecular complexity index is 1330. The average molecular weight is 447 g/mol. The number of hydrogen-bond donors (Lipinski definition) is 1. The number of aromatic nitrogens is 2. The Balaban J connectivity index is 1.32. The highest BCUT2D eigenvalue weighted by atomic mass is 35.5. The molecule has 1 aliphatic rings. The van der Waals surface area contributed by atoms with Crippen molar-refractivity contribution < 1.29 is 18.8 Å². The number of imide groups is 1. The van der Waals surface area contributed by atoms with Crippen molar-refractivity contribution in [3.63, 3.8) is 0 Å². The average Bonchev–Trinajstić information content (AvgIpc) is 3.52. The van der Waals surface area contributed by atoms with E-state index in [-0.39, 0.29) is 16.5 Å². The zero-order valence-corrected chi connectivity index (χ0v) is 17.2. The predicted molar refractivity (Wildman–Crippen MR) is 117 cm³/mol. The van der Waals surface area contributed by atoms with Crippen LogP contribution in [-0.2, 0) is 6.54 Å². The number of carbonyl (C=O) groups excluding carboxylic acids is 3. The monoisotopic (exact) mass is 446 g/mol. The largest absolute Gasteiger partial charge is 0.454 e. The molecule has 5 rings (SSSR count). The number of nitrogens with zero attached hydrogens (tertiary/aromatic N) is 3. The van der Waals surface area contributed by atoms with Crippen molar-refractivity contribution >= 4 is 40.7 Å². The molecule has 0 fully saturated rings. The minimum Gasteiger partial charge on any atom is -0.454 e. The Hall–Kier alpha value is -4.17. The fraction of sp³-hybridized carbons (Fsp3) is 0.0435. The van der Waals surface area contributed by atoms with E-state index in [1.165, 1.54) is 12.1 Å². The third-order valence-corrected chi connectivity index (χ3v) is 5.31. The van der Waals surface area contributed by atoms with Crippen LogP contribution in [0.25, 0.3) is 0 Å². The van der Waals surface area contributed by atoms with Crippen LogP contribution in [0, 0.1) is 0 Å². The fourth-order valence-electron chi connectivity index (χ4n) is 3.51. The van der Waals surface area contributed by atoms with E-state index in [4.69, 9.17) is 16.0 Å². The second kappa shape index (κ2) is 7.82. The lowest BCUT2D eigenvalue weighted by molar-refractivity contribution is 0.0924. The molecular weight excluding hydrogens is 432 g/mol. The third kappa shape index (κ3) is 3.46. The third-order valence-electron chi connectivity index (χ3n) is 5.00. The molecule has 0 saturated heterocycles. The predicted octanol–water partition coefficient (Wildman–Crippen LogP) is 4.23. The number of benzene rings is 2. The molecule has 8 nitrogen and oxygen atoms in total. The van der Waals surface area contributed by atoms with Crippen LogP contribution in [0.1, 0.15) is 37.0 Å². The molecule has 3 amide bonds. The summed E-state index contributed by atoms with van der Waals surface area (Å²) in [6.07, 6.45) is 3.45. The Labute approximate surface area is 187 Å². The van der Waals surface area contributed by atoms with E-state index in [0.717, 1.165) is 4.90 Å². The van der Waals surface area contributed by atoms with Gasteiger partial charge in [-0.15, -0.1) is 0 Å². The number of anilines is 2. The van der Waals surface area contributed by atoms with Crippen molar-refractivity contribution in [1.82, 2.24) is 9.78 Å². The molecule has 0 saturated carbocycles. The normalized spacial score (nSPS) is 12.8. The second-order valence-corrected chi connectivity index (χ2v) is 7.49. The zero-order chi connectivity index (χ0) is 22.2. The molecule has 2 aromatic heterocycles. The van der Waals surface area contributed by atoms with Gasteiger partial charge in [-0.2, -0.15) is 5.10 Å². The molecule has 1 N–H and O–H groups in total. The van der Waals surface area contributed by atoms with Crippen molar-refractivity contribution in [3.05, 3.63) is 101 Å². The first-order valence-corrected chi connectivity index (χ1v) is 10.0. The fourth-order valence-corrected chi connectivity index (χ4v) is 3.77. The van der Waals surface area contributed by atoms with Crippen molar-refractivity contribution in [3.8, 4) is 0 Å². The molecule has 1 aliphatic heterocycles. The topological polar surface area (TPSA) is 97.4 Å². The van der Waals surface area contributed by atoms with Crippen LogP contribution in [-0.4, -0.2) is 27.5 Å². The molecule has 0 aliphatic carbocycles. The van der Waals surface area contributed by atoms with E-state index in [2.05, 4.69) is 10.4 Å². The Morgan fingerprint density at radius 3 is 2.41 bits per heavy atom. The highest BCUT2D eigenvalue weighted by molar-refractivity contribution is 6.40. The molecule has 3 heterocycles. The zero-order valence-electron chi connectivity index (χ0n) is 16.5. The summed E-state index contributed by atoms with van der Waals surface area (Å²) >= 11 is 6.37. The molecule has 2 aromatic carbocycles. The van der Waals surface area contributed by atoms with Gasteiger partial charge in [-0.3, -0.25) is 19.1 Å². The summed E-state index contributed by atoms with van der Waals surface area (Å²) in [5.41, 5.74) is 1.30. The summed E-state index contributed by atoms with van der Waals surface area (Å²) in [4.78, 5) is 38.9. The maximum absolute atomic E-state index is 12.7. The lowest BCUT2D eigenvalue weighted by Gasteiger charge is -2.16. The molecule has 32 heavy (non-hydrogen) atoms. The summed E-state index contributed by atoms with van der Waals surface area (Å²) in [5.74, 6) is -0.624. The Kier molecular flexibility index (Phi) is 4.84. The molecule has 0 radical (unpaired) electrons. The van der Waals surface area contributed by atoms with Crippen LogP contribution < -0.4 is 10.2 Å². The van der Waals surface area contributed by atoms with Gasteiger partial charge in [-0.05, 0) is 48.5 Å². The van der Waals surface area contributed by atoms with E-state index in [1.54, 1.807) is 65.6 Å². The smallest absolute Gasteiger partial charge is 0.291 e. The molecule has 0 atom stereocenters. The van der Waals surface area contributed by atoms with Gasteiger partial charge in [0.25, 0.3) is 17.7 Å². The maximum atomic E-state index is 12.7. The van der Waals surface area contributed by atoms with Gasteiger partial charge in [0, 0.05) is 18.1 Å². The number of furan rings is 1. The van der Waals surface area contributed by atoms with E-state index in [1.807, 2.05) is 0 Å². The highest BCUT2D eigenvalue weighted by Gasteiger charge is 2.37. The van der Waals surface area contributed by atoms with Crippen LogP contribution in [0.2, 0.25) is 5.02 Å². The molecule has 0 spiro atoms. The first-order chi connectivity index (χ1) is 15.5. The van der Waals surface area contributed by atoms with Crippen molar-refractivity contribution in [2.75, 3.05) is 10.2 Å². The SMILES string of the molecule is O=C(Nc1ccc(N2C(=O)c3ccccc3C2=O)c(Cl)c1)c1ccc(Cn2cccn2)o1. The molecular formula is C23H15ClN4O4. The molecule has 0 bridgehead atoms. The van der Waals surface area contributed by atoms with Gasteiger partial charge in [-0.1, -0.05) is 23.7 Å². The van der Waals surface area contributed by atoms with Gasteiger partial charge in [0.05, 0.1) is 28.4 Å². The van der Waals surface area contributed by atoms with Gasteiger partial charge >= 0.3 is 0 Å². The van der Waals surface area contributed by atoms with E-state index in [0.29, 0.717) is 29.1 Å². The number of halogens is 1. The van der Waals surface area contributed by atoms with Crippen LogP contribution in [0.15, 0.2) is 77.5 Å². The summed E-state index contributed by atoms with van der Waals surface area (Å²) in [7, 11) is 0. The summed E-state index contributed by atoms with van der Waals surface area (Å²) < 4.78 is 7.27. The first kappa shape index (κ1) is 19.8. The van der Waals surface area contributed by atoms with E-state index < -0.39 is 17.7 Å². The number of hydrogen-bond acceptors (Lipinski definition) is 5. The Morgan fingerprint density at radius 1 is 1.00 bits per heavy atom. The minimum atomic E-state index is -0.457. The second-order valence-electron chi connectivity index (χ2n) is 7.08. The first-order valence-electron chi connectivity index (χ1n) is 9.66. The maximum Gasteiger partial charge on any atom is 0.291 e. The van der Waals surface area contributed by atoms with Gasteiger partial charge in [0.2, 0.25) is 0 Å². The number of amides is 3. The molecule has 4 aromatic rings. The van der Waals surface area contributed by atoms with Crippen molar-refractivity contribution in [2.24, 2.45) is 0 Å². The van der Waals surface area contributed by atoms with E-state index >= 15 is 0 Å². The molecule has 9 heteroatoms. The van der Waals surface area contributed by atoms with Crippen LogP contribution >= 0.6 is 11.6 Å². The van der Waals surface area contributed by atoms with Crippen LogP contribution in [0.4, 0.5) is 11.4 Å². The molecule has 158 valence electrons. The number of nitrogens with one attached hydrogen (secondary N) is 1. The van der Waals surface area contributed by atoms with Gasteiger partial charge in [-0.25, -0.2) is 4.90 Å². The van der Waals surface area contributed by atoms with Gasteiger partial charge < -0.3 is 9.73 Å². The van der Waals surface area contributed by atoms with Crippen molar-refractivity contribution in [1.29, 1.82) is 0 Å². The lowest BCUT2D eigenvalue weighted by Crippen LogP contribution is -2.29. The van der Waals surface area contributed by atoms with Gasteiger partial charge in [0.15, 0.2) is 5.76 Å². The number of rotatable bonds is 5. The van der Waals surface area contributed by atoms with Gasteiger partial charge in [0.1, 0.15) is 5.76 Å². The molecule has 0 unspecified atom stereocenters. The van der Waals surface area contributed by atoms with E-state index in [9.17, 15) is 14.4 Å². The van der Waals surface area contributed by atoms with Crippen LogP contribution in [0.5, 0.6) is 0 Å². The highest BCUT2D eigenvalue weighted by Crippen LogP contribution is 2.34. The number of fused-ring (bicyclic) bond motifs is 1. The summed E-state index contributed by atoms with van der Waals surface area (Å²) in [5, 5.41) is 6.95. The van der Waals surface area contributed by atoms with Crippen molar-refractivity contribution in [2.45, 2.75) is 6.54 Å². The Morgan fingerprint density at radius 2 is 1.75 bits per heavy atom. The minimum absolute atomic E-state index is 0.132. The van der Waals surface area contributed by atoms with Crippen LogP contribution in [0.3, 0.4) is 0 Å². The lowest BCUT2D eigenvalue weighted by atomic mass is 10.1. The quantitative estimate of drug-likeness (QED) is 0.463.